The van der Waals surface area contributed by atoms with Crippen molar-refractivity contribution in [3.63, 3.8) is 0 Å². The van der Waals surface area contributed by atoms with Crippen LogP contribution in [0.5, 0.6) is 0 Å². The van der Waals surface area contributed by atoms with Crippen LogP contribution < -0.4 is 54.6 Å². The van der Waals surface area contributed by atoms with E-state index >= 15 is 0 Å². The monoisotopic (exact) mass is 1960 g/mol. The number of esters is 4. The summed E-state index contributed by atoms with van der Waals surface area (Å²) in [4.78, 5) is 94.7. The molecule has 0 atom stereocenters. The summed E-state index contributed by atoms with van der Waals surface area (Å²) < 4.78 is 45.4. The molecule has 13 N–H and O–H groups in total. The van der Waals surface area contributed by atoms with Gasteiger partial charge in [-0.25, -0.2) is 42.6 Å². The van der Waals surface area contributed by atoms with Crippen LogP contribution in [0.15, 0.2) is 346 Å². The van der Waals surface area contributed by atoms with Crippen molar-refractivity contribution < 1.29 is 66.7 Å². The van der Waals surface area contributed by atoms with Crippen molar-refractivity contribution in [2.75, 3.05) is 76.4 Å². The molecule has 145 heavy (non-hydrogen) atoms. The maximum atomic E-state index is 12.4. The van der Waals surface area contributed by atoms with Gasteiger partial charge < -0.3 is 67.1 Å². The van der Waals surface area contributed by atoms with Gasteiger partial charge in [0, 0.05) is 18.7 Å². The van der Waals surface area contributed by atoms with Gasteiger partial charge in [0.1, 0.15) is 62.6 Å². The number of benzene rings is 11. The number of fused-ring (bicyclic) bond motifs is 4. The zero-order valence-electron chi connectivity index (χ0n) is 79.7. The van der Waals surface area contributed by atoms with Crippen LogP contribution in [-0.4, -0.2) is 127 Å². The van der Waals surface area contributed by atoms with Crippen LogP contribution in [0, 0.1) is 32.6 Å². The summed E-state index contributed by atoms with van der Waals surface area (Å²) in [6.45, 7) is 20.2. The lowest BCUT2D eigenvalue weighted by molar-refractivity contribution is -0.387. The van der Waals surface area contributed by atoms with E-state index in [0.717, 1.165) is 75.5 Å². The van der Waals surface area contributed by atoms with Crippen LogP contribution in [0.1, 0.15) is 120 Å². The molecular weight excluding hydrogens is 1850 g/mol. The Morgan fingerprint density at radius 2 is 0.724 bits per heavy atom. The number of para-hydroxylation sites is 9. The second kappa shape index (κ2) is 55.4. The molecule has 0 aliphatic carbocycles. The molecule has 0 saturated carbocycles. The van der Waals surface area contributed by atoms with E-state index in [9.17, 15) is 53.4 Å². The van der Waals surface area contributed by atoms with E-state index in [-0.39, 0.29) is 47.7 Å². The molecule has 0 radical (unpaired) electrons. The molecule has 0 saturated heterocycles. The number of hydrogen-bond donors (Lipinski definition) is 10. The lowest BCUT2D eigenvalue weighted by Gasteiger charge is -2.13. The number of carbonyl (C=O) groups excluding carboxylic acids is 6. The van der Waals surface area contributed by atoms with Crippen LogP contribution in [0.3, 0.4) is 0 Å². The predicted octanol–water partition coefficient (Wildman–Crippen LogP) is 19.1. The van der Waals surface area contributed by atoms with E-state index < -0.39 is 45.2 Å². The molecular formula is C106H106FN23O15. The number of rotatable bonds is 28. The second-order valence-corrected chi connectivity index (χ2v) is 30.7. The quantitative estimate of drug-likeness (QED) is 0.00250. The number of amides is 2. The number of nitro benzene ring substituents is 2. The first-order valence-corrected chi connectivity index (χ1v) is 45.5. The molecule has 16 aromatic rings. The molecule has 2 amide bonds. The first-order valence-electron chi connectivity index (χ1n) is 45.5. The Morgan fingerprint density at radius 3 is 1.10 bits per heavy atom. The van der Waals surface area contributed by atoms with Gasteiger partial charge in [-0.1, -0.05) is 243 Å². The summed E-state index contributed by atoms with van der Waals surface area (Å²) in [5.74, 6) is 4.64. The topological polar surface area (TPSA) is 491 Å². The average molecular weight is 1960 g/mol. The van der Waals surface area contributed by atoms with Gasteiger partial charge in [0.25, 0.3) is 17.5 Å². The summed E-state index contributed by atoms with van der Waals surface area (Å²) in [5, 5.41) is 61.4. The fraction of sp³-hybridized carbons (Fsp3) is 0.151. The van der Waals surface area contributed by atoms with Gasteiger partial charge in [0.05, 0.1) is 154 Å². The number of halogens is 1. The minimum absolute atomic E-state index is 0.0974. The zero-order chi connectivity index (χ0) is 103. The normalized spacial score (nSPS) is 10.9. The second-order valence-electron chi connectivity index (χ2n) is 30.7. The summed E-state index contributed by atoms with van der Waals surface area (Å²) in [5.41, 5.74) is 27.2. The van der Waals surface area contributed by atoms with Gasteiger partial charge in [-0.15, -0.1) is 0 Å². The molecule has 0 fully saturated rings. The average Bonchev–Trinajstić information content (AvgIpc) is 1.69. The molecule has 742 valence electrons. The number of nitrogens with two attached hydrogens (primary N) is 3. The third kappa shape index (κ3) is 31.1. The van der Waals surface area contributed by atoms with Crippen molar-refractivity contribution in [3.8, 4) is 0 Å². The number of hydrogen-bond acceptors (Lipinski definition) is 28. The number of aromatic nitrogens is 10. The number of nitro groups is 2. The maximum Gasteiger partial charge on any atom is 0.343 e. The number of anilines is 12. The molecule has 5 aromatic heterocycles. The number of hydrazine groups is 1. The third-order valence-electron chi connectivity index (χ3n) is 20.7. The Labute approximate surface area is 833 Å². The van der Waals surface area contributed by atoms with Gasteiger partial charge in [0.2, 0.25) is 5.82 Å². The lowest BCUT2D eigenvalue weighted by atomic mass is 10.2. The highest BCUT2D eigenvalue weighted by Gasteiger charge is 2.28. The molecule has 0 unspecified atom stereocenters. The number of nitrogens with one attached hydrogen (secondary N) is 7. The minimum atomic E-state index is -0.799. The highest BCUT2D eigenvalue weighted by molar-refractivity contribution is 6.12. The number of nitrogens with zero attached hydrogens (tertiary/aromatic N) is 13. The molecule has 38 nitrogen and oxygen atoms in total. The Balaban J connectivity index is 0.000000161. The Bertz CT molecular complexity index is 6900. The van der Waals surface area contributed by atoms with Crippen LogP contribution >= 0.6 is 0 Å². The SMILES string of the molecule is CCOC(=O)c1cnn(Cc2ccccc2)c1N.CCOC(=O)c1cnn(Cc2ccccc2)c1Nc1ccccc1N.CCOC(=O)c1cnn(Cc2ccccc2)c1Nc1ccccc1[N+](=O)[O-].NNCc1ccccc1.O=C1Nc2ccccc2Nc2c1cnn2Cc1ccccc1.O=C1Nc2ccccc2Nc2c1cnn2Cc1ccccc1.O=[N+]([O-])c1ccccc1F.[C-]#[N+]/C(=C/OCC)C(=O)OCC. The smallest absolute Gasteiger partial charge is 0.343 e. The number of nitrogen functional groups attached to an aromatic ring is 2. The first kappa shape index (κ1) is 106. The van der Waals surface area contributed by atoms with Crippen LogP contribution in [0.25, 0.3) is 4.85 Å². The van der Waals surface area contributed by atoms with Crippen LogP contribution in [-0.2, 0) is 67.7 Å². The number of carbonyl (C=O) groups is 6. The summed E-state index contributed by atoms with van der Waals surface area (Å²) in [6, 6.07) is 93.3. The van der Waals surface area contributed by atoms with Crippen molar-refractivity contribution in [2.24, 2.45) is 5.84 Å². The Morgan fingerprint density at radius 1 is 0.400 bits per heavy atom. The largest absolute Gasteiger partial charge is 0.512 e. The predicted molar refractivity (Wildman–Crippen MR) is 550 cm³/mol. The first-order chi connectivity index (χ1) is 70.5. The lowest BCUT2D eigenvalue weighted by Crippen LogP contribution is -2.20. The van der Waals surface area contributed by atoms with E-state index in [2.05, 4.69) is 72.4 Å². The fourth-order valence-corrected chi connectivity index (χ4v) is 13.7. The third-order valence-corrected chi connectivity index (χ3v) is 20.7. The van der Waals surface area contributed by atoms with E-state index in [4.69, 9.17) is 42.8 Å². The zero-order valence-corrected chi connectivity index (χ0v) is 79.7. The van der Waals surface area contributed by atoms with E-state index in [1.54, 1.807) is 85.3 Å². The van der Waals surface area contributed by atoms with Crippen molar-refractivity contribution in [1.82, 2.24) is 54.3 Å². The molecule has 39 heteroatoms. The highest BCUT2D eigenvalue weighted by atomic mass is 19.1. The molecule has 0 bridgehead atoms. The van der Waals surface area contributed by atoms with Crippen molar-refractivity contribution in [2.45, 2.75) is 73.9 Å². The van der Waals surface area contributed by atoms with E-state index in [1.165, 1.54) is 42.4 Å². The van der Waals surface area contributed by atoms with Gasteiger partial charge >= 0.3 is 35.3 Å². The molecule has 2 aliphatic heterocycles. The van der Waals surface area contributed by atoms with Crippen molar-refractivity contribution in [3.05, 3.63) is 445 Å². The fourth-order valence-electron chi connectivity index (χ4n) is 13.7. The van der Waals surface area contributed by atoms with E-state index in [0.29, 0.717) is 115 Å². The standard InChI is InChI=1S/C19H18N4O4.C19H20N4O2.2C17H14N4O.C13H15N3O2.C8H11NO3.C7H10N2.C6H4FNO2/c1-2-27-19(24)15-12-20-22(13-14-8-4-3-5-9-14)18(15)21-16-10-6-7-11-17(16)23(25)26;1-2-25-19(24)15-12-21-23(13-14-8-4-3-5-9-14)18(15)22-17-11-7-6-10-16(17)20;2*22-17-13-10-18-21(11-12-6-2-1-3-7-12)16(13)19-14-8-4-5-9-15(14)20-17;1-2-18-13(17)11-8-15-16(12(11)14)9-10-6-4-3-5-7-10;1-4-11-6-7(9-3)8(10)12-5-2;8-9-6-7-4-2-1-3-5-7;7-5-3-1-2-4-6(5)8(9)10/h3-12,21H,2,13H2,1H3;3-12,22H,2,13,20H2,1H3;2*1-10,19H,11H2,(H,20,22);3-8H,2,9,14H2,1H3;6H,4-5H2,1-2H3;1-5,9H,6,8H2;1-4H/b;;;;;7-6+;;. The summed E-state index contributed by atoms with van der Waals surface area (Å²) in [6.07, 6.45) is 8.68. The number of ether oxygens (including phenoxy) is 5. The molecule has 7 heterocycles. The Hall–Kier alpha value is -19.2. The summed E-state index contributed by atoms with van der Waals surface area (Å²) >= 11 is 0. The van der Waals surface area contributed by atoms with Crippen molar-refractivity contribution >= 4 is 116 Å². The van der Waals surface area contributed by atoms with Crippen LogP contribution in [0.4, 0.5) is 84.7 Å². The molecule has 0 spiro atoms. The minimum Gasteiger partial charge on any atom is -0.512 e. The Kier molecular flexibility index (Phi) is 40.6. The van der Waals surface area contributed by atoms with Gasteiger partial charge in [-0.2, -0.15) is 29.9 Å². The van der Waals surface area contributed by atoms with Gasteiger partial charge in [-0.05, 0) is 117 Å². The molecule has 2 aliphatic rings. The summed E-state index contributed by atoms with van der Waals surface area (Å²) in [7, 11) is 0. The maximum absolute atomic E-state index is 12.4. The van der Waals surface area contributed by atoms with E-state index in [1.807, 2.05) is 258 Å². The van der Waals surface area contributed by atoms with Crippen molar-refractivity contribution in [1.29, 1.82) is 0 Å². The van der Waals surface area contributed by atoms with Gasteiger partial charge in [-0.3, -0.25) is 45.9 Å². The van der Waals surface area contributed by atoms with Gasteiger partial charge in [0.15, 0.2) is 0 Å². The molecule has 18 rings (SSSR count). The van der Waals surface area contributed by atoms with Crippen LogP contribution in [0.2, 0.25) is 0 Å². The molecule has 11 aromatic carbocycles. The highest BCUT2D eigenvalue weighted by Crippen LogP contribution is 2.36.